The van der Waals surface area contributed by atoms with Crippen molar-refractivity contribution in [1.82, 2.24) is 15.2 Å². The summed E-state index contributed by atoms with van der Waals surface area (Å²) in [5, 5.41) is 17.6. The van der Waals surface area contributed by atoms with E-state index in [0.717, 1.165) is 11.3 Å². The van der Waals surface area contributed by atoms with Gasteiger partial charge in [-0.1, -0.05) is 0 Å². The van der Waals surface area contributed by atoms with E-state index in [0.29, 0.717) is 6.54 Å². The molecular formula is C9H16N6. The number of nitrogens with zero attached hydrogens (tertiary/aromatic N) is 1. The van der Waals surface area contributed by atoms with E-state index in [-0.39, 0.29) is 11.9 Å². The minimum absolute atomic E-state index is 0.112. The Morgan fingerprint density at radius 1 is 1.60 bits per heavy atom. The van der Waals surface area contributed by atoms with Crippen molar-refractivity contribution in [2.75, 3.05) is 7.05 Å². The number of nitrogens with one attached hydrogen (secondary N) is 4. The van der Waals surface area contributed by atoms with Gasteiger partial charge >= 0.3 is 0 Å². The number of hydrogen-bond acceptors (Lipinski definition) is 2. The Hall–Kier alpha value is -1.98. The molecule has 0 aliphatic heterocycles. The summed E-state index contributed by atoms with van der Waals surface area (Å²) in [6.45, 7) is 2.51. The minimum atomic E-state index is -0.155. The maximum Gasteiger partial charge on any atom is 0.197 e. The lowest BCUT2D eigenvalue weighted by molar-refractivity contribution is 0.669. The molecule has 0 saturated carbocycles. The van der Waals surface area contributed by atoms with Gasteiger partial charge < -0.3 is 16.0 Å². The molecule has 0 bridgehead atoms. The smallest absolute Gasteiger partial charge is 0.197 e. The fraction of sp³-hybridized carbons (Fsp3) is 0.333. The molecule has 1 heterocycles. The van der Waals surface area contributed by atoms with Gasteiger partial charge in [0, 0.05) is 25.5 Å². The van der Waals surface area contributed by atoms with Crippen molar-refractivity contribution < 1.29 is 0 Å². The first-order chi connectivity index (χ1) is 7.00. The van der Waals surface area contributed by atoms with E-state index in [9.17, 15) is 0 Å². The number of H-pyrrole nitrogens is 1. The summed E-state index contributed by atoms with van der Waals surface area (Å²) in [7, 11) is 1.57. The molecule has 0 aliphatic rings. The number of nitrogens with two attached hydrogens (primary N) is 1. The highest BCUT2D eigenvalue weighted by molar-refractivity contribution is 5.94. The predicted octanol–water partition coefficient (Wildman–Crippen LogP) is 0.173. The molecule has 0 saturated heterocycles. The highest BCUT2D eigenvalue weighted by atomic mass is 15.3. The zero-order valence-corrected chi connectivity index (χ0v) is 8.89. The quantitative estimate of drug-likeness (QED) is 0.353. The third kappa shape index (κ3) is 3.01. The van der Waals surface area contributed by atoms with Crippen LogP contribution in [0.3, 0.4) is 0 Å². The van der Waals surface area contributed by atoms with Crippen LogP contribution in [-0.4, -0.2) is 28.9 Å². The first kappa shape index (κ1) is 11.1. The van der Waals surface area contributed by atoms with Gasteiger partial charge in [-0.3, -0.25) is 15.7 Å². The lowest BCUT2D eigenvalue weighted by atomic mass is 10.3. The summed E-state index contributed by atoms with van der Waals surface area (Å²) >= 11 is 0. The largest absolute Gasteiger partial charge is 0.370 e. The molecule has 0 amide bonds. The fourth-order valence-electron chi connectivity index (χ4n) is 1.09. The van der Waals surface area contributed by atoms with Crippen LogP contribution in [-0.2, 0) is 6.54 Å². The van der Waals surface area contributed by atoms with E-state index in [4.69, 9.17) is 16.6 Å². The summed E-state index contributed by atoms with van der Waals surface area (Å²) < 4.78 is 0. The van der Waals surface area contributed by atoms with Crippen LogP contribution in [0.5, 0.6) is 0 Å². The molecule has 6 heteroatoms. The van der Waals surface area contributed by atoms with Crippen LogP contribution in [0.25, 0.3) is 0 Å². The van der Waals surface area contributed by atoms with Gasteiger partial charge in [0.05, 0.1) is 0 Å². The normalized spacial score (nSPS) is 9.73. The topological polar surface area (TPSA) is 105 Å². The van der Waals surface area contributed by atoms with Gasteiger partial charge in [0.1, 0.15) is 0 Å². The monoisotopic (exact) mass is 208 g/mol. The van der Waals surface area contributed by atoms with E-state index in [2.05, 4.69) is 10.3 Å². The first-order valence-electron chi connectivity index (χ1n) is 4.54. The summed E-state index contributed by atoms with van der Waals surface area (Å²) in [5.74, 6) is -0.0425. The Balaban J connectivity index is 2.44. The van der Waals surface area contributed by atoms with E-state index >= 15 is 0 Å². The summed E-state index contributed by atoms with van der Waals surface area (Å²) in [5.41, 5.74) is 7.38. The average Bonchev–Trinajstić information content (AvgIpc) is 2.59. The van der Waals surface area contributed by atoms with Crippen LogP contribution in [0.15, 0.2) is 12.3 Å². The molecule has 0 radical (unpaired) electrons. The molecule has 0 aliphatic carbocycles. The molecule has 0 spiro atoms. The third-order valence-corrected chi connectivity index (χ3v) is 2.04. The molecule has 15 heavy (non-hydrogen) atoms. The van der Waals surface area contributed by atoms with Crippen LogP contribution >= 0.6 is 0 Å². The average molecular weight is 208 g/mol. The van der Waals surface area contributed by atoms with Crippen LogP contribution in [0.4, 0.5) is 0 Å². The van der Waals surface area contributed by atoms with Crippen molar-refractivity contribution in [3.63, 3.8) is 0 Å². The van der Waals surface area contributed by atoms with Crippen molar-refractivity contribution in [2.24, 2.45) is 5.73 Å². The van der Waals surface area contributed by atoms with Crippen LogP contribution in [0.1, 0.15) is 11.3 Å². The van der Waals surface area contributed by atoms with Crippen molar-refractivity contribution in [3.05, 3.63) is 23.5 Å². The maximum absolute atomic E-state index is 7.56. The Bertz CT molecular complexity index is 366. The lowest BCUT2D eigenvalue weighted by Gasteiger charge is -2.18. The Morgan fingerprint density at radius 3 is 2.73 bits per heavy atom. The number of guanidine groups is 2. The predicted molar refractivity (Wildman–Crippen MR) is 59.8 cm³/mol. The third-order valence-electron chi connectivity index (χ3n) is 2.04. The van der Waals surface area contributed by atoms with E-state index < -0.39 is 0 Å². The molecule has 1 aromatic rings. The zero-order chi connectivity index (χ0) is 11.4. The SMILES string of the molecule is Cc1cc(CNC(=N)N(C)C(=N)N)c[nH]1. The summed E-state index contributed by atoms with van der Waals surface area (Å²) in [6, 6.07) is 1.99. The molecule has 1 aromatic heterocycles. The Kier molecular flexibility index (Phi) is 3.33. The number of aromatic amines is 1. The standard InChI is InChI=1S/C9H16N6/c1-6-3-7(4-13-6)5-14-9(12)15(2)8(10)11/h3-4,13H,5H2,1-2H3,(H3,10,11)(H2,12,14). The van der Waals surface area contributed by atoms with E-state index in [1.807, 2.05) is 19.2 Å². The van der Waals surface area contributed by atoms with Crippen molar-refractivity contribution in [3.8, 4) is 0 Å². The molecule has 0 aromatic carbocycles. The minimum Gasteiger partial charge on any atom is -0.370 e. The van der Waals surface area contributed by atoms with Gasteiger partial charge in [0.15, 0.2) is 11.9 Å². The summed E-state index contributed by atoms with van der Waals surface area (Å²) in [6.07, 6.45) is 1.88. The summed E-state index contributed by atoms with van der Waals surface area (Å²) in [4.78, 5) is 4.32. The highest BCUT2D eigenvalue weighted by Crippen LogP contribution is 2.00. The molecular weight excluding hydrogens is 192 g/mol. The van der Waals surface area contributed by atoms with Crippen molar-refractivity contribution in [2.45, 2.75) is 13.5 Å². The molecule has 0 unspecified atom stereocenters. The van der Waals surface area contributed by atoms with Gasteiger partial charge in [-0.25, -0.2) is 0 Å². The van der Waals surface area contributed by atoms with E-state index in [1.54, 1.807) is 7.05 Å². The lowest BCUT2D eigenvalue weighted by Crippen LogP contribution is -2.44. The van der Waals surface area contributed by atoms with Crippen LogP contribution in [0.2, 0.25) is 0 Å². The molecule has 6 nitrogen and oxygen atoms in total. The second-order valence-corrected chi connectivity index (χ2v) is 3.34. The fourth-order valence-corrected chi connectivity index (χ4v) is 1.09. The molecule has 82 valence electrons. The van der Waals surface area contributed by atoms with Crippen molar-refractivity contribution in [1.29, 1.82) is 10.8 Å². The number of aromatic nitrogens is 1. The van der Waals surface area contributed by atoms with Crippen molar-refractivity contribution >= 4 is 11.9 Å². The van der Waals surface area contributed by atoms with Crippen LogP contribution in [0, 0.1) is 17.7 Å². The van der Waals surface area contributed by atoms with E-state index in [1.165, 1.54) is 4.90 Å². The zero-order valence-electron chi connectivity index (χ0n) is 8.89. The Morgan fingerprint density at radius 2 is 2.27 bits per heavy atom. The molecule has 0 fully saturated rings. The second-order valence-electron chi connectivity index (χ2n) is 3.34. The Labute approximate surface area is 88.5 Å². The maximum atomic E-state index is 7.56. The van der Waals surface area contributed by atoms with Gasteiger partial charge in [-0.2, -0.15) is 0 Å². The molecule has 0 atom stereocenters. The van der Waals surface area contributed by atoms with Crippen LogP contribution < -0.4 is 11.1 Å². The van der Waals surface area contributed by atoms with Gasteiger partial charge in [-0.15, -0.1) is 0 Å². The highest BCUT2D eigenvalue weighted by Gasteiger charge is 2.06. The van der Waals surface area contributed by atoms with Gasteiger partial charge in [0.2, 0.25) is 0 Å². The second kappa shape index (κ2) is 4.50. The number of rotatable bonds is 2. The molecule has 6 N–H and O–H groups in total. The number of hydrogen-bond donors (Lipinski definition) is 5. The van der Waals surface area contributed by atoms with Gasteiger partial charge in [-0.05, 0) is 18.6 Å². The van der Waals surface area contributed by atoms with Gasteiger partial charge in [0.25, 0.3) is 0 Å². The first-order valence-corrected chi connectivity index (χ1v) is 4.54. The number of aryl methyl sites for hydroxylation is 1. The molecule has 1 rings (SSSR count).